The topological polar surface area (TPSA) is 49.8 Å². The summed E-state index contributed by atoms with van der Waals surface area (Å²) in [7, 11) is 3.86. The minimum atomic E-state index is -1.29. The van der Waals surface area contributed by atoms with E-state index in [0.29, 0.717) is 11.3 Å². The van der Waals surface area contributed by atoms with Crippen LogP contribution in [0.1, 0.15) is 15.9 Å². The van der Waals surface area contributed by atoms with Crippen LogP contribution in [0.25, 0.3) is 0 Å². The zero-order chi connectivity index (χ0) is 15.4. The van der Waals surface area contributed by atoms with Gasteiger partial charge in [0.05, 0.1) is 5.56 Å². The van der Waals surface area contributed by atoms with Crippen LogP contribution in [-0.2, 0) is 6.61 Å². The molecular formula is C16H16FNO3. The molecule has 1 N–H and O–H groups in total. The van der Waals surface area contributed by atoms with Gasteiger partial charge in [0.25, 0.3) is 0 Å². The molecule has 2 aromatic rings. The molecule has 0 spiro atoms. The monoisotopic (exact) mass is 289 g/mol. The van der Waals surface area contributed by atoms with Crippen molar-refractivity contribution in [2.24, 2.45) is 0 Å². The number of rotatable bonds is 5. The maximum absolute atomic E-state index is 13.3. The Kier molecular flexibility index (Phi) is 4.42. The van der Waals surface area contributed by atoms with E-state index in [0.717, 1.165) is 11.8 Å². The van der Waals surface area contributed by atoms with Gasteiger partial charge in [0, 0.05) is 25.8 Å². The largest absolute Gasteiger partial charge is 0.489 e. The number of nitrogens with zero attached hydrogens (tertiary/aromatic N) is 1. The number of hydrogen-bond donors (Lipinski definition) is 1. The lowest BCUT2D eigenvalue weighted by molar-refractivity contribution is 0.0691. The normalized spacial score (nSPS) is 10.2. The van der Waals surface area contributed by atoms with E-state index in [1.165, 1.54) is 12.1 Å². The second kappa shape index (κ2) is 6.26. The minimum absolute atomic E-state index is 0.178. The molecule has 5 heteroatoms. The van der Waals surface area contributed by atoms with Gasteiger partial charge in [0.2, 0.25) is 0 Å². The summed E-state index contributed by atoms with van der Waals surface area (Å²) in [6.45, 7) is 0.178. The van der Waals surface area contributed by atoms with Crippen molar-refractivity contribution in [1.82, 2.24) is 0 Å². The summed E-state index contributed by atoms with van der Waals surface area (Å²) in [5.74, 6) is -1.37. The fraction of sp³-hybridized carbons (Fsp3) is 0.188. The fourth-order valence-corrected chi connectivity index (χ4v) is 1.84. The van der Waals surface area contributed by atoms with Gasteiger partial charge in [-0.3, -0.25) is 0 Å². The van der Waals surface area contributed by atoms with Crippen molar-refractivity contribution in [2.75, 3.05) is 19.0 Å². The van der Waals surface area contributed by atoms with Crippen molar-refractivity contribution in [3.63, 3.8) is 0 Å². The number of carbonyl (C=O) groups is 1. The van der Waals surface area contributed by atoms with Crippen molar-refractivity contribution >= 4 is 11.7 Å². The van der Waals surface area contributed by atoms with E-state index >= 15 is 0 Å². The molecule has 0 aliphatic heterocycles. The van der Waals surface area contributed by atoms with Crippen LogP contribution >= 0.6 is 0 Å². The molecular weight excluding hydrogens is 273 g/mol. The molecule has 2 aromatic carbocycles. The summed E-state index contributed by atoms with van der Waals surface area (Å²) in [6, 6.07) is 11.4. The summed E-state index contributed by atoms with van der Waals surface area (Å²) in [5, 5.41) is 8.89. The molecule has 0 aromatic heterocycles. The SMILES string of the molecule is CN(C)c1cccc(OCc2ccc(F)c(C(=O)O)c2)c1. The number of carboxylic acid groups (broad SMARTS) is 1. The highest BCUT2D eigenvalue weighted by molar-refractivity contribution is 5.88. The van der Waals surface area contributed by atoms with Crippen molar-refractivity contribution in [2.45, 2.75) is 6.61 Å². The van der Waals surface area contributed by atoms with Crippen LogP contribution in [0.4, 0.5) is 10.1 Å². The predicted octanol–water partition coefficient (Wildman–Crippen LogP) is 3.17. The number of halogens is 1. The second-order valence-electron chi connectivity index (χ2n) is 4.80. The smallest absolute Gasteiger partial charge is 0.338 e. The van der Waals surface area contributed by atoms with Crippen LogP contribution in [0.15, 0.2) is 42.5 Å². The lowest BCUT2D eigenvalue weighted by Crippen LogP contribution is -2.08. The van der Waals surface area contributed by atoms with E-state index in [1.807, 2.05) is 43.3 Å². The molecule has 0 fully saturated rings. The number of carboxylic acids is 1. The molecule has 21 heavy (non-hydrogen) atoms. The molecule has 0 unspecified atom stereocenters. The van der Waals surface area contributed by atoms with Crippen LogP contribution in [0.5, 0.6) is 5.75 Å². The lowest BCUT2D eigenvalue weighted by atomic mass is 10.1. The van der Waals surface area contributed by atoms with Gasteiger partial charge in [0.15, 0.2) is 0 Å². The maximum Gasteiger partial charge on any atom is 0.338 e. The third kappa shape index (κ3) is 3.72. The molecule has 0 heterocycles. The van der Waals surface area contributed by atoms with E-state index in [-0.39, 0.29) is 12.2 Å². The van der Waals surface area contributed by atoms with E-state index < -0.39 is 11.8 Å². The Labute approximate surface area is 122 Å². The number of hydrogen-bond acceptors (Lipinski definition) is 3. The van der Waals surface area contributed by atoms with Crippen molar-refractivity contribution in [3.05, 3.63) is 59.4 Å². The number of benzene rings is 2. The number of aromatic carboxylic acids is 1. The summed E-state index contributed by atoms with van der Waals surface area (Å²) >= 11 is 0. The van der Waals surface area contributed by atoms with Crippen LogP contribution in [0, 0.1) is 5.82 Å². The Morgan fingerprint density at radius 1 is 1.24 bits per heavy atom. The zero-order valence-electron chi connectivity index (χ0n) is 11.8. The Morgan fingerprint density at radius 3 is 2.67 bits per heavy atom. The summed E-state index contributed by atoms with van der Waals surface area (Å²) < 4.78 is 18.9. The van der Waals surface area contributed by atoms with Gasteiger partial charge in [-0.25, -0.2) is 9.18 Å². The van der Waals surface area contributed by atoms with Crippen LogP contribution < -0.4 is 9.64 Å². The van der Waals surface area contributed by atoms with E-state index in [4.69, 9.17) is 9.84 Å². The van der Waals surface area contributed by atoms with Crippen LogP contribution in [0.3, 0.4) is 0 Å². The van der Waals surface area contributed by atoms with Gasteiger partial charge >= 0.3 is 5.97 Å². The van der Waals surface area contributed by atoms with Gasteiger partial charge in [-0.2, -0.15) is 0 Å². The molecule has 0 amide bonds. The molecule has 0 atom stereocenters. The molecule has 110 valence electrons. The summed E-state index contributed by atoms with van der Waals surface area (Å²) in [5.41, 5.74) is 1.25. The van der Waals surface area contributed by atoms with Gasteiger partial charge in [-0.1, -0.05) is 12.1 Å². The minimum Gasteiger partial charge on any atom is -0.489 e. The van der Waals surface area contributed by atoms with Crippen LogP contribution in [0.2, 0.25) is 0 Å². The third-order valence-corrected chi connectivity index (χ3v) is 3.00. The molecule has 2 rings (SSSR count). The first-order valence-corrected chi connectivity index (χ1v) is 6.39. The lowest BCUT2D eigenvalue weighted by Gasteiger charge is -2.14. The van der Waals surface area contributed by atoms with Gasteiger partial charge in [-0.15, -0.1) is 0 Å². The highest BCUT2D eigenvalue weighted by Crippen LogP contribution is 2.20. The standard InChI is InChI=1S/C16H16FNO3/c1-18(2)12-4-3-5-13(9-12)21-10-11-6-7-15(17)14(8-11)16(19)20/h3-9H,10H2,1-2H3,(H,19,20). The maximum atomic E-state index is 13.3. The predicted molar refractivity (Wildman–Crippen MR) is 78.5 cm³/mol. The first-order chi connectivity index (χ1) is 9.97. The first-order valence-electron chi connectivity index (χ1n) is 6.39. The Bertz CT molecular complexity index is 656. The van der Waals surface area contributed by atoms with Crippen molar-refractivity contribution in [3.8, 4) is 5.75 Å². The van der Waals surface area contributed by atoms with Crippen molar-refractivity contribution < 1.29 is 19.0 Å². The number of anilines is 1. The van der Waals surface area contributed by atoms with E-state index in [2.05, 4.69) is 0 Å². The van der Waals surface area contributed by atoms with Gasteiger partial charge in [-0.05, 0) is 29.8 Å². The van der Waals surface area contributed by atoms with Crippen molar-refractivity contribution in [1.29, 1.82) is 0 Å². The summed E-state index contributed by atoms with van der Waals surface area (Å²) in [4.78, 5) is 12.8. The quantitative estimate of drug-likeness (QED) is 0.918. The molecule has 0 aliphatic rings. The Hall–Kier alpha value is -2.56. The average molecular weight is 289 g/mol. The average Bonchev–Trinajstić information content (AvgIpc) is 2.46. The highest BCUT2D eigenvalue weighted by atomic mass is 19.1. The van der Waals surface area contributed by atoms with Gasteiger partial charge < -0.3 is 14.7 Å². The molecule has 0 saturated heterocycles. The number of ether oxygens (including phenoxy) is 1. The Balaban J connectivity index is 2.11. The van der Waals surface area contributed by atoms with Crippen LogP contribution in [-0.4, -0.2) is 25.2 Å². The third-order valence-electron chi connectivity index (χ3n) is 3.00. The molecule has 0 bridgehead atoms. The molecule has 0 aliphatic carbocycles. The first kappa shape index (κ1) is 14.8. The molecule has 0 radical (unpaired) electrons. The highest BCUT2D eigenvalue weighted by Gasteiger charge is 2.11. The molecule has 0 saturated carbocycles. The second-order valence-corrected chi connectivity index (χ2v) is 4.80. The molecule has 4 nitrogen and oxygen atoms in total. The summed E-state index contributed by atoms with van der Waals surface area (Å²) in [6.07, 6.45) is 0. The van der Waals surface area contributed by atoms with E-state index in [9.17, 15) is 9.18 Å². The Morgan fingerprint density at radius 2 is 2.00 bits per heavy atom. The van der Waals surface area contributed by atoms with Gasteiger partial charge in [0.1, 0.15) is 18.2 Å². The zero-order valence-corrected chi connectivity index (χ0v) is 11.8. The fourth-order valence-electron chi connectivity index (χ4n) is 1.84. The van der Waals surface area contributed by atoms with E-state index in [1.54, 1.807) is 0 Å².